The van der Waals surface area contributed by atoms with E-state index in [2.05, 4.69) is 4.99 Å². The molecule has 1 saturated heterocycles. The summed E-state index contributed by atoms with van der Waals surface area (Å²) in [5.74, 6) is 0. The van der Waals surface area contributed by atoms with Crippen LogP contribution < -0.4 is 0 Å². The number of rotatable bonds is 2. The maximum Gasteiger partial charge on any atom is 0.355 e. The maximum absolute atomic E-state index is 12.6. The second-order valence-electron chi connectivity index (χ2n) is 4.81. The minimum Gasteiger partial charge on any atom is -0.388 e. The smallest absolute Gasteiger partial charge is 0.355 e. The van der Waals surface area contributed by atoms with E-state index in [1.54, 1.807) is 19.0 Å². The first-order chi connectivity index (χ1) is 8.69. The van der Waals surface area contributed by atoms with Crippen molar-refractivity contribution in [2.45, 2.75) is 42.3 Å². The molecule has 5 atom stereocenters. The number of aliphatic hydroxyl groups is 3. The van der Waals surface area contributed by atoms with E-state index in [0.29, 0.717) is 5.17 Å². The van der Waals surface area contributed by atoms with Crippen molar-refractivity contribution in [3.05, 3.63) is 0 Å². The number of aliphatic hydroxyl groups excluding tert-OH is 2. The molecule has 2 rings (SSSR count). The molecule has 19 heavy (non-hydrogen) atoms. The Hall–Kier alpha value is -0.480. The highest BCUT2D eigenvalue weighted by Crippen LogP contribution is 2.38. The molecule has 6 nitrogen and oxygen atoms in total. The second kappa shape index (κ2) is 5.13. The Balaban J connectivity index is 2.10. The van der Waals surface area contributed by atoms with Gasteiger partial charge in [0.2, 0.25) is 0 Å². The first-order valence-corrected chi connectivity index (χ1v) is 6.60. The Morgan fingerprint density at radius 2 is 2.00 bits per heavy atom. The van der Waals surface area contributed by atoms with E-state index >= 15 is 0 Å². The minimum atomic E-state index is -3.95. The molecule has 0 aromatic rings. The van der Waals surface area contributed by atoms with Gasteiger partial charge in [0, 0.05) is 14.1 Å². The van der Waals surface area contributed by atoms with Crippen molar-refractivity contribution in [1.82, 2.24) is 4.90 Å². The molecule has 0 saturated carbocycles. The zero-order valence-corrected chi connectivity index (χ0v) is 11.2. The van der Waals surface area contributed by atoms with Gasteiger partial charge in [-0.2, -0.15) is 8.78 Å². The molecule has 2 aliphatic rings. The van der Waals surface area contributed by atoms with Crippen LogP contribution in [0.4, 0.5) is 8.78 Å². The van der Waals surface area contributed by atoms with Crippen molar-refractivity contribution in [3.8, 4) is 0 Å². The Morgan fingerprint density at radius 3 is 2.53 bits per heavy atom. The van der Waals surface area contributed by atoms with Crippen molar-refractivity contribution in [3.63, 3.8) is 0 Å². The van der Waals surface area contributed by atoms with Crippen LogP contribution in [0.2, 0.25) is 0 Å². The third-order valence-electron chi connectivity index (χ3n) is 2.98. The van der Waals surface area contributed by atoms with Crippen LogP contribution in [0.1, 0.15) is 6.42 Å². The summed E-state index contributed by atoms with van der Waals surface area (Å²) in [6.07, 6.45) is -9.15. The van der Waals surface area contributed by atoms with Crippen molar-refractivity contribution in [2.75, 3.05) is 14.1 Å². The van der Waals surface area contributed by atoms with Gasteiger partial charge >= 0.3 is 6.11 Å². The molecule has 3 N–H and O–H groups in total. The van der Waals surface area contributed by atoms with E-state index in [1.807, 2.05) is 0 Å². The van der Waals surface area contributed by atoms with Crippen molar-refractivity contribution in [2.24, 2.45) is 4.99 Å². The van der Waals surface area contributed by atoms with Gasteiger partial charge in [0.05, 0.1) is 12.5 Å². The molecular weight excluding hydrogens is 282 g/mol. The lowest BCUT2D eigenvalue weighted by Crippen LogP contribution is -2.55. The average Bonchev–Trinajstić information content (AvgIpc) is 2.67. The molecule has 0 bridgehead atoms. The van der Waals surface area contributed by atoms with E-state index in [1.165, 1.54) is 11.8 Å². The third kappa shape index (κ3) is 3.16. The molecule has 0 aromatic carbocycles. The highest BCUT2D eigenvalue weighted by Gasteiger charge is 2.50. The highest BCUT2D eigenvalue weighted by molar-refractivity contribution is 8.14. The van der Waals surface area contributed by atoms with Gasteiger partial charge in [-0.05, 0) is 0 Å². The van der Waals surface area contributed by atoms with Crippen LogP contribution >= 0.6 is 11.8 Å². The van der Waals surface area contributed by atoms with E-state index < -0.39 is 42.3 Å². The molecule has 1 fully saturated rings. The monoisotopic (exact) mass is 298 g/mol. The number of halogens is 2. The fourth-order valence-corrected chi connectivity index (χ4v) is 3.21. The summed E-state index contributed by atoms with van der Waals surface area (Å²) in [6.45, 7) is 0. The number of hydrogen-bond acceptors (Lipinski definition) is 7. The molecule has 110 valence electrons. The normalized spacial score (nSPS) is 38.9. The molecule has 0 radical (unpaired) electrons. The molecule has 0 amide bonds. The summed E-state index contributed by atoms with van der Waals surface area (Å²) in [6, 6.07) is -0.694. The lowest BCUT2D eigenvalue weighted by molar-refractivity contribution is -0.245. The molecule has 0 aromatic heterocycles. The van der Waals surface area contributed by atoms with Gasteiger partial charge in [-0.1, -0.05) is 11.8 Å². The number of hydrogen-bond donors (Lipinski definition) is 3. The van der Waals surface area contributed by atoms with Gasteiger partial charge in [-0.25, -0.2) is 0 Å². The average molecular weight is 298 g/mol. The largest absolute Gasteiger partial charge is 0.388 e. The Labute approximate surface area is 113 Å². The number of thioether (sulfide) groups is 1. The number of amidine groups is 1. The predicted molar refractivity (Wildman–Crippen MR) is 65.0 cm³/mol. The van der Waals surface area contributed by atoms with Crippen LogP contribution in [0.3, 0.4) is 0 Å². The molecule has 2 heterocycles. The van der Waals surface area contributed by atoms with E-state index in [0.717, 1.165) is 0 Å². The molecule has 0 aliphatic carbocycles. The summed E-state index contributed by atoms with van der Waals surface area (Å²) >= 11 is 1.19. The van der Waals surface area contributed by atoms with Crippen LogP contribution in [-0.2, 0) is 4.74 Å². The molecule has 9 heteroatoms. The number of ether oxygens (including phenoxy) is 1. The molecule has 0 spiro atoms. The molecule has 0 unspecified atom stereocenters. The maximum atomic E-state index is 12.6. The first kappa shape index (κ1) is 14.9. The predicted octanol–water partition coefficient (Wildman–Crippen LogP) is -0.559. The topological polar surface area (TPSA) is 85.5 Å². The Bertz CT molecular complexity index is 377. The van der Waals surface area contributed by atoms with Crippen molar-refractivity contribution < 1.29 is 28.8 Å². The Kier molecular flexibility index (Phi) is 4.03. The van der Waals surface area contributed by atoms with E-state index in [4.69, 9.17) is 9.84 Å². The van der Waals surface area contributed by atoms with Gasteiger partial charge in [0.15, 0.2) is 5.17 Å². The first-order valence-electron chi connectivity index (χ1n) is 5.72. The number of alkyl halides is 2. The fraction of sp³-hybridized carbons (Fsp3) is 0.900. The highest BCUT2D eigenvalue weighted by atomic mass is 32.2. The number of nitrogens with zero attached hydrogens (tertiary/aromatic N) is 2. The summed E-state index contributed by atoms with van der Waals surface area (Å²) in [4.78, 5) is 5.90. The van der Waals surface area contributed by atoms with Crippen LogP contribution in [0.25, 0.3) is 0 Å². The summed E-state index contributed by atoms with van der Waals surface area (Å²) < 4.78 is 30.5. The third-order valence-corrected chi connectivity index (χ3v) is 4.28. The van der Waals surface area contributed by atoms with Gasteiger partial charge in [-0.15, -0.1) is 0 Å². The lowest BCUT2D eigenvalue weighted by atomic mass is 9.96. The van der Waals surface area contributed by atoms with Crippen LogP contribution in [-0.4, -0.2) is 75.4 Å². The van der Waals surface area contributed by atoms with Crippen molar-refractivity contribution >= 4 is 16.9 Å². The van der Waals surface area contributed by atoms with Crippen molar-refractivity contribution in [1.29, 1.82) is 0 Å². The van der Waals surface area contributed by atoms with E-state index in [-0.39, 0.29) is 0 Å². The fourth-order valence-electron chi connectivity index (χ4n) is 2.04. The summed E-state index contributed by atoms with van der Waals surface area (Å²) in [5.41, 5.74) is -0.636. The van der Waals surface area contributed by atoms with Gasteiger partial charge in [0.1, 0.15) is 23.7 Å². The zero-order chi connectivity index (χ0) is 14.4. The second-order valence-corrected chi connectivity index (χ2v) is 5.87. The lowest BCUT2D eigenvalue weighted by Gasteiger charge is -2.38. The minimum absolute atomic E-state index is 0.595. The summed E-state index contributed by atoms with van der Waals surface area (Å²) in [7, 11) is 3.51. The van der Waals surface area contributed by atoms with Crippen LogP contribution in [0.5, 0.6) is 0 Å². The Morgan fingerprint density at radius 1 is 1.37 bits per heavy atom. The SMILES string of the molecule is CN(C)C1=N[C@@H]2[C@@H](O)[C@H](O)[C@H](CC(O)(F)F)O[C@@H]2S1. The standard InChI is InChI=1S/C10H16F2N2O4S/c1-14(2)9-13-5-7(16)6(15)4(3-10(11,12)17)18-8(5)19-9/h4-8,15-17H,3H2,1-2H3/t4-,5+,6+,7+,8+/m0/s1. The van der Waals surface area contributed by atoms with E-state index in [9.17, 15) is 19.0 Å². The number of aliphatic imine (C=N–C) groups is 1. The van der Waals surface area contributed by atoms with Gasteiger partial charge in [0.25, 0.3) is 0 Å². The van der Waals surface area contributed by atoms with Crippen LogP contribution in [0, 0.1) is 0 Å². The quantitative estimate of drug-likeness (QED) is 0.634. The van der Waals surface area contributed by atoms with Crippen LogP contribution in [0.15, 0.2) is 4.99 Å². The van der Waals surface area contributed by atoms with Gasteiger partial charge in [-0.3, -0.25) is 4.99 Å². The zero-order valence-electron chi connectivity index (χ0n) is 10.4. The number of fused-ring (bicyclic) bond motifs is 1. The molecular formula is C10H16F2N2O4S. The summed E-state index contributed by atoms with van der Waals surface area (Å²) in [5, 5.41) is 28.8. The van der Waals surface area contributed by atoms with Gasteiger partial charge < -0.3 is 25.0 Å². The molecule has 2 aliphatic heterocycles.